The third-order valence-corrected chi connectivity index (χ3v) is 3.29. The highest BCUT2D eigenvalue weighted by molar-refractivity contribution is 6.30. The summed E-state index contributed by atoms with van der Waals surface area (Å²) in [5.41, 5.74) is 1.65. The lowest BCUT2D eigenvalue weighted by Crippen LogP contribution is -2.29. The molecular formula is C16H15ClFNO2. The van der Waals surface area contributed by atoms with Crippen molar-refractivity contribution in [2.24, 2.45) is 0 Å². The second-order valence-electron chi connectivity index (χ2n) is 5.40. The molecule has 3 rings (SSSR count). The molecule has 1 aliphatic rings. The molecule has 0 unspecified atom stereocenters. The molecule has 1 N–H and O–H groups in total. The average molecular weight is 308 g/mol. The molecule has 0 saturated heterocycles. The highest BCUT2D eigenvalue weighted by Gasteiger charge is 2.31. The molecule has 1 aliphatic heterocycles. The van der Waals surface area contributed by atoms with Crippen molar-refractivity contribution in [3.05, 3.63) is 52.8 Å². The standard InChI is InChI=1S/C16H15ClFNO2/c1-16(2)20-14-4-3-13(8-15(14)21-16)19-9-10-5-11(17)7-12(18)6-10/h3-8,19H,9H2,1-2H3. The fourth-order valence-electron chi connectivity index (χ4n) is 2.25. The number of rotatable bonds is 3. The van der Waals surface area contributed by atoms with Crippen LogP contribution in [0.3, 0.4) is 0 Å². The van der Waals surface area contributed by atoms with Crippen LogP contribution in [0, 0.1) is 5.82 Å². The topological polar surface area (TPSA) is 30.5 Å². The summed E-state index contributed by atoms with van der Waals surface area (Å²) < 4.78 is 24.6. The van der Waals surface area contributed by atoms with Crippen molar-refractivity contribution < 1.29 is 13.9 Å². The fourth-order valence-corrected chi connectivity index (χ4v) is 2.49. The van der Waals surface area contributed by atoms with Gasteiger partial charge in [0.05, 0.1) is 0 Å². The molecule has 0 saturated carbocycles. The van der Waals surface area contributed by atoms with Gasteiger partial charge in [0.25, 0.3) is 0 Å². The quantitative estimate of drug-likeness (QED) is 0.899. The number of anilines is 1. The number of fused-ring (bicyclic) bond motifs is 1. The largest absolute Gasteiger partial charge is 0.449 e. The molecule has 0 amide bonds. The lowest BCUT2D eigenvalue weighted by molar-refractivity contribution is -0.0431. The van der Waals surface area contributed by atoms with Gasteiger partial charge in [-0.2, -0.15) is 0 Å². The Morgan fingerprint density at radius 1 is 1.10 bits per heavy atom. The van der Waals surface area contributed by atoms with Crippen molar-refractivity contribution in [1.29, 1.82) is 0 Å². The molecule has 21 heavy (non-hydrogen) atoms. The van der Waals surface area contributed by atoms with E-state index < -0.39 is 5.79 Å². The Labute approximate surface area is 127 Å². The van der Waals surface area contributed by atoms with Crippen molar-refractivity contribution in [3.8, 4) is 11.5 Å². The van der Waals surface area contributed by atoms with Crippen LogP contribution in [0.25, 0.3) is 0 Å². The van der Waals surface area contributed by atoms with Crippen LogP contribution in [-0.4, -0.2) is 5.79 Å². The lowest BCUT2D eigenvalue weighted by atomic mass is 10.2. The van der Waals surface area contributed by atoms with E-state index in [0.717, 1.165) is 17.0 Å². The monoisotopic (exact) mass is 307 g/mol. The van der Waals surface area contributed by atoms with Crippen LogP contribution in [0.1, 0.15) is 19.4 Å². The Kier molecular flexibility index (Phi) is 3.41. The SMILES string of the molecule is CC1(C)Oc2ccc(NCc3cc(F)cc(Cl)c3)cc2O1. The molecule has 0 fully saturated rings. The van der Waals surface area contributed by atoms with E-state index in [2.05, 4.69) is 5.32 Å². The van der Waals surface area contributed by atoms with Gasteiger partial charge in [-0.1, -0.05) is 11.6 Å². The summed E-state index contributed by atoms with van der Waals surface area (Å²) in [4.78, 5) is 0. The van der Waals surface area contributed by atoms with Gasteiger partial charge in [-0.15, -0.1) is 0 Å². The van der Waals surface area contributed by atoms with E-state index in [1.54, 1.807) is 6.07 Å². The molecule has 5 heteroatoms. The number of hydrogen-bond donors (Lipinski definition) is 1. The molecule has 3 nitrogen and oxygen atoms in total. The number of ether oxygens (including phenoxy) is 2. The van der Waals surface area contributed by atoms with E-state index in [4.69, 9.17) is 21.1 Å². The predicted molar refractivity (Wildman–Crippen MR) is 80.5 cm³/mol. The third kappa shape index (κ3) is 3.22. The van der Waals surface area contributed by atoms with E-state index in [1.807, 2.05) is 32.0 Å². The zero-order chi connectivity index (χ0) is 15.0. The van der Waals surface area contributed by atoms with Crippen LogP contribution in [0.15, 0.2) is 36.4 Å². The second-order valence-corrected chi connectivity index (χ2v) is 5.83. The summed E-state index contributed by atoms with van der Waals surface area (Å²) in [6.07, 6.45) is 0. The van der Waals surface area contributed by atoms with Crippen molar-refractivity contribution >= 4 is 17.3 Å². The molecule has 2 aromatic rings. The van der Waals surface area contributed by atoms with Crippen LogP contribution < -0.4 is 14.8 Å². The summed E-state index contributed by atoms with van der Waals surface area (Å²) in [5, 5.41) is 3.60. The van der Waals surface area contributed by atoms with E-state index in [9.17, 15) is 4.39 Å². The maximum absolute atomic E-state index is 13.3. The van der Waals surface area contributed by atoms with E-state index in [1.165, 1.54) is 12.1 Å². The molecule has 2 aromatic carbocycles. The minimum atomic E-state index is -0.642. The van der Waals surface area contributed by atoms with Gasteiger partial charge in [0, 0.05) is 37.2 Å². The molecular weight excluding hydrogens is 293 g/mol. The fraction of sp³-hybridized carbons (Fsp3) is 0.250. The zero-order valence-corrected chi connectivity index (χ0v) is 12.5. The second kappa shape index (κ2) is 5.11. The van der Waals surface area contributed by atoms with Crippen molar-refractivity contribution in [2.45, 2.75) is 26.2 Å². The van der Waals surface area contributed by atoms with E-state index >= 15 is 0 Å². The molecule has 110 valence electrons. The summed E-state index contributed by atoms with van der Waals surface area (Å²) in [7, 11) is 0. The first-order valence-electron chi connectivity index (χ1n) is 6.62. The summed E-state index contributed by atoms with van der Waals surface area (Å²) in [6.45, 7) is 4.18. The lowest BCUT2D eigenvalue weighted by Gasteiger charge is -2.16. The van der Waals surface area contributed by atoms with Crippen molar-refractivity contribution in [3.63, 3.8) is 0 Å². The Balaban J connectivity index is 1.72. The van der Waals surface area contributed by atoms with Crippen LogP contribution in [0.2, 0.25) is 5.02 Å². The smallest absolute Gasteiger partial charge is 0.246 e. The number of benzene rings is 2. The third-order valence-electron chi connectivity index (χ3n) is 3.07. The number of hydrogen-bond acceptors (Lipinski definition) is 3. The van der Waals surface area contributed by atoms with Gasteiger partial charge in [-0.3, -0.25) is 0 Å². The minimum absolute atomic E-state index is 0.341. The molecule has 0 spiro atoms. The normalized spacial score (nSPS) is 15.0. The minimum Gasteiger partial charge on any atom is -0.449 e. The van der Waals surface area contributed by atoms with Gasteiger partial charge in [0.2, 0.25) is 5.79 Å². The van der Waals surface area contributed by atoms with E-state index in [-0.39, 0.29) is 5.82 Å². The van der Waals surface area contributed by atoms with Crippen molar-refractivity contribution in [2.75, 3.05) is 5.32 Å². The highest BCUT2D eigenvalue weighted by atomic mass is 35.5. The van der Waals surface area contributed by atoms with Crippen LogP contribution in [0.4, 0.5) is 10.1 Å². The molecule has 1 heterocycles. The summed E-state index contributed by atoms with van der Waals surface area (Å²) in [6, 6.07) is 10.1. The first-order valence-corrected chi connectivity index (χ1v) is 7.00. The first kappa shape index (κ1) is 14.0. The zero-order valence-electron chi connectivity index (χ0n) is 11.7. The molecule has 0 aromatic heterocycles. The van der Waals surface area contributed by atoms with Gasteiger partial charge in [0.15, 0.2) is 11.5 Å². The summed E-state index contributed by atoms with van der Waals surface area (Å²) >= 11 is 5.84. The summed E-state index contributed by atoms with van der Waals surface area (Å²) in [5.74, 6) is 0.435. The molecule has 0 radical (unpaired) electrons. The van der Waals surface area contributed by atoms with E-state index in [0.29, 0.717) is 17.3 Å². The highest BCUT2D eigenvalue weighted by Crippen LogP contribution is 2.40. The van der Waals surface area contributed by atoms with Gasteiger partial charge < -0.3 is 14.8 Å². The maximum Gasteiger partial charge on any atom is 0.246 e. The Morgan fingerprint density at radius 3 is 2.62 bits per heavy atom. The van der Waals surface area contributed by atoms with Crippen LogP contribution in [-0.2, 0) is 6.54 Å². The predicted octanol–water partition coefficient (Wildman–Crippen LogP) is 4.60. The van der Waals surface area contributed by atoms with Gasteiger partial charge in [0.1, 0.15) is 5.82 Å². The van der Waals surface area contributed by atoms with Crippen LogP contribution >= 0.6 is 11.6 Å². The Hall–Kier alpha value is -1.94. The number of nitrogens with one attached hydrogen (secondary N) is 1. The van der Waals surface area contributed by atoms with Gasteiger partial charge >= 0.3 is 0 Å². The van der Waals surface area contributed by atoms with Gasteiger partial charge in [-0.25, -0.2) is 4.39 Å². The van der Waals surface area contributed by atoms with Crippen LogP contribution in [0.5, 0.6) is 11.5 Å². The first-order chi connectivity index (χ1) is 9.91. The molecule has 0 atom stereocenters. The average Bonchev–Trinajstić information content (AvgIpc) is 2.68. The van der Waals surface area contributed by atoms with Gasteiger partial charge in [-0.05, 0) is 35.9 Å². The molecule has 0 bridgehead atoms. The van der Waals surface area contributed by atoms with Crippen molar-refractivity contribution in [1.82, 2.24) is 0 Å². The molecule has 0 aliphatic carbocycles. The Morgan fingerprint density at radius 2 is 1.86 bits per heavy atom. The Bertz CT molecular complexity index is 668. The number of halogens is 2. The maximum atomic E-state index is 13.3.